The summed E-state index contributed by atoms with van der Waals surface area (Å²) in [6.45, 7) is 0. The van der Waals surface area contributed by atoms with Gasteiger partial charge in [-0.15, -0.1) is 0 Å². The molecule has 8 nitrogen and oxygen atoms in total. The quantitative estimate of drug-likeness (QED) is 0.908. The lowest BCUT2D eigenvalue weighted by atomic mass is 9.84. The molecule has 2 aromatic rings. The van der Waals surface area contributed by atoms with Crippen LogP contribution in [0.3, 0.4) is 0 Å². The van der Waals surface area contributed by atoms with E-state index < -0.39 is 12.0 Å². The number of amides is 1. The molecule has 1 amide bonds. The van der Waals surface area contributed by atoms with E-state index in [0.29, 0.717) is 23.7 Å². The monoisotopic (exact) mass is 341 g/mol. The van der Waals surface area contributed by atoms with Crippen molar-refractivity contribution in [2.45, 2.75) is 44.2 Å². The van der Waals surface area contributed by atoms with Crippen LogP contribution in [-0.2, 0) is 4.79 Å². The molecule has 0 aromatic carbocycles. The summed E-state index contributed by atoms with van der Waals surface area (Å²) >= 11 is 0. The summed E-state index contributed by atoms with van der Waals surface area (Å²) < 4.78 is 1.50. The molecule has 130 valence electrons. The molecule has 2 aromatic heterocycles. The number of pyridine rings is 1. The first kappa shape index (κ1) is 15.7. The number of fused-ring (bicyclic) bond motifs is 1. The standard InChI is InChI=1S/C17H19N5O3/c23-16(12-5-6-15(19-8-12)21-10-18-9-20-21)22-13-4-2-1-3-11(13)7-14(22)17(24)25/h5-6,8-11,13-14H,1-4,7H2,(H,24,25)/t11-,13-,14+/m1/s1. The summed E-state index contributed by atoms with van der Waals surface area (Å²) in [4.78, 5) is 34.4. The number of hydrogen-bond donors (Lipinski definition) is 1. The number of carbonyl (C=O) groups excluding carboxylic acids is 1. The van der Waals surface area contributed by atoms with Crippen molar-refractivity contribution in [3.8, 4) is 5.82 Å². The molecule has 1 aliphatic heterocycles. The van der Waals surface area contributed by atoms with Gasteiger partial charge in [-0.3, -0.25) is 4.79 Å². The third-order valence-electron chi connectivity index (χ3n) is 5.26. The second-order valence-electron chi connectivity index (χ2n) is 6.66. The van der Waals surface area contributed by atoms with Crippen LogP contribution in [0, 0.1) is 5.92 Å². The van der Waals surface area contributed by atoms with E-state index in [9.17, 15) is 14.7 Å². The number of carbonyl (C=O) groups is 2. The zero-order chi connectivity index (χ0) is 17.4. The van der Waals surface area contributed by atoms with Crippen molar-refractivity contribution in [2.24, 2.45) is 5.92 Å². The van der Waals surface area contributed by atoms with Crippen molar-refractivity contribution in [1.29, 1.82) is 0 Å². The highest BCUT2D eigenvalue weighted by molar-refractivity contribution is 5.97. The van der Waals surface area contributed by atoms with Crippen molar-refractivity contribution >= 4 is 11.9 Å². The van der Waals surface area contributed by atoms with Crippen molar-refractivity contribution in [2.75, 3.05) is 0 Å². The molecule has 3 atom stereocenters. The Balaban J connectivity index is 1.61. The minimum Gasteiger partial charge on any atom is -0.480 e. The van der Waals surface area contributed by atoms with E-state index in [4.69, 9.17) is 0 Å². The molecule has 0 bridgehead atoms. The molecule has 3 heterocycles. The Morgan fingerprint density at radius 1 is 1.20 bits per heavy atom. The highest BCUT2D eigenvalue weighted by atomic mass is 16.4. The zero-order valence-corrected chi connectivity index (χ0v) is 13.7. The lowest BCUT2D eigenvalue weighted by molar-refractivity contribution is -0.141. The Morgan fingerprint density at radius 2 is 2.04 bits per heavy atom. The predicted molar refractivity (Wildman–Crippen MR) is 87.1 cm³/mol. The molecule has 1 N–H and O–H groups in total. The first-order valence-corrected chi connectivity index (χ1v) is 8.51. The van der Waals surface area contributed by atoms with Crippen molar-refractivity contribution in [3.63, 3.8) is 0 Å². The Labute approximate surface area is 144 Å². The van der Waals surface area contributed by atoms with Crippen LogP contribution in [-0.4, -0.2) is 53.7 Å². The van der Waals surface area contributed by atoms with Gasteiger partial charge in [0.1, 0.15) is 18.7 Å². The van der Waals surface area contributed by atoms with Gasteiger partial charge in [-0.2, -0.15) is 5.10 Å². The Morgan fingerprint density at radius 3 is 2.72 bits per heavy atom. The summed E-state index contributed by atoms with van der Waals surface area (Å²) in [5, 5.41) is 13.6. The molecule has 4 rings (SSSR count). The van der Waals surface area contributed by atoms with E-state index >= 15 is 0 Å². The fourth-order valence-corrected chi connectivity index (χ4v) is 4.10. The topological polar surface area (TPSA) is 101 Å². The van der Waals surface area contributed by atoms with Gasteiger partial charge in [0.2, 0.25) is 0 Å². The number of likely N-dealkylation sites (tertiary alicyclic amines) is 1. The first-order valence-electron chi connectivity index (χ1n) is 8.51. The van der Waals surface area contributed by atoms with Gasteiger partial charge in [-0.1, -0.05) is 12.8 Å². The molecule has 8 heteroatoms. The van der Waals surface area contributed by atoms with Gasteiger partial charge in [0.25, 0.3) is 5.91 Å². The summed E-state index contributed by atoms with van der Waals surface area (Å²) in [6, 6.07) is 2.64. The lowest BCUT2D eigenvalue weighted by Crippen LogP contribution is -2.46. The number of hydrogen-bond acceptors (Lipinski definition) is 5. The van der Waals surface area contributed by atoms with Gasteiger partial charge in [-0.25, -0.2) is 19.4 Å². The van der Waals surface area contributed by atoms with Gasteiger partial charge < -0.3 is 10.0 Å². The molecule has 25 heavy (non-hydrogen) atoms. The predicted octanol–water partition coefficient (Wildman–Crippen LogP) is 1.52. The molecule has 0 radical (unpaired) electrons. The number of aromatic nitrogens is 4. The smallest absolute Gasteiger partial charge is 0.326 e. The lowest BCUT2D eigenvalue weighted by Gasteiger charge is -2.33. The Hall–Kier alpha value is -2.77. The average Bonchev–Trinajstić information content (AvgIpc) is 3.29. The molecular weight excluding hydrogens is 322 g/mol. The van der Waals surface area contributed by atoms with Crippen LogP contribution in [0.25, 0.3) is 5.82 Å². The van der Waals surface area contributed by atoms with Crippen LogP contribution < -0.4 is 0 Å². The zero-order valence-electron chi connectivity index (χ0n) is 13.7. The maximum atomic E-state index is 13.0. The highest BCUT2D eigenvalue weighted by Crippen LogP contribution is 2.40. The van der Waals surface area contributed by atoms with Crippen LogP contribution in [0.15, 0.2) is 31.0 Å². The van der Waals surface area contributed by atoms with E-state index in [2.05, 4.69) is 15.1 Å². The average molecular weight is 341 g/mol. The summed E-state index contributed by atoms with van der Waals surface area (Å²) in [5.41, 5.74) is 0.404. The molecule has 1 aliphatic carbocycles. The number of carboxylic acids is 1. The van der Waals surface area contributed by atoms with Crippen LogP contribution >= 0.6 is 0 Å². The van der Waals surface area contributed by atoms with Crippen molar-refractivity contribution in [1.82, 2.24) is 24.6 Å². The number of rotatable bonds is 3. The molecule has 0 unspecified atom stereocenters. The summed E-state index contributed by atoms with van der Waals surface area (Å²) in [5.74, 6) is -0.323. The maximum Gasteiger partial charge on any atom is 0.326 e. The Kier molecular flexibility index (Phi) is 3.95. The van der Waals surface area contributed by atoms with Crippen LogP contribution in [0.1, 0.15) is 42.5 Å². The highest BCUT2D eigenvalue weighted by Gasteiger charge is 2.47. The van der Waals surface area contributed by atoms with E-state index in [1.807, 2.05) is 0 Å². The fourth-order valence-electron chi connectivity index (χ4n) is 4.10. The van der Waals surface area contributed by atoms with Gasteiger partial charge in [0, 0.05) is 12.2 Å². The van der Waals surface area contributed by atoms with E-state index in [-0.39, 0.29) is 11.9 Å². The van der Waals surface area contributed by atoms with Crippen molar-refractivity contribution in [3.05, 3.63) is 36.5 Å². The first-order chi connectivity index (χ1) is 12.1. The second-order valence-corrected chi connectivity index (χ2v) is 6.66. The second kappa shape index (κ2) is 6.27. The maximum absolute atomic E-state index is 13.0. The van der Waals surface area contributed by atoms with E-state index in [1.54, 1.807) is 17.0 Å². The number of nitrogens with zero attached hydrogens (tertiary/aromatic N) is 5. The molecule has 2 fully saturated rings. The summed E-state index contributed by atoms with van der Waals surface area (Å²) in [6.07, 6.45) is 9.00. The van der Waals surface area contributed by atoms with Crippen molar-refractivity contribution < 1.29 is 14.7 Å². The number of aliphatic carboxylic acids is 1. The number of carboxylic acid groups (broad SMARTS) is 1. The third kappa shape index (κ3) is 2.77. The third-order valence-corrected chi connectivity index (χ3v) is 5.26. The molecular formula is C17H19N5O3. The molecule has 1 saturated carbocycles. The summed E-state index contributed by atoms with van der Waals surface area (Å²) in [7, 11) is 0. The van der Waals surface area contributed by atoms with Gasteiger partial charge in [-0.05, 0) is 37.3 Å². The minimum absolute atomic E-state index is 0.0253. The van der Waals surface area contributed by atoms with Gasteiger partial charge in [0.05, 0.1) is 5.56 Å². The molecule has 0 spiro atoms. The minimum atomic E-state index is -0.921. The van der Waals surface area contributed by atoms with Crippen LogP contribution in [0.5, 0.6) is 0 Å². The van der Waals surface area contributed by atoms with Crippen LogP contribution in [0.2, 0.25) is 0 Å². The SMILES string of the molecule is O=C(O)[C@@H]1C[C@H]2CCCC[C@H]2N1C(=O)c1ccc(-n2cncn2)nc1. The van der Waals surface area contributed by atoms with E-state index in [0.717, 1.165) is 25.7 Å². The molecule has 1 saturated heterocycles. The molecule has 2 aliphatic rings. The normalized spacial score (nSPS) is 25.6. The Bertz CT molecular complexity index is 774. The van der Waals surface area contributed by atoms with E-state index in [1.165, 1.54) is 23.5 Å². The fraction of sp³-hybridized carbons (Fsp3) is 0.471. The van der Waals surface area contributed by atoms with Crippen LogP contribution in [0.4, 0.5) is 0 Å². The van der Waals surface area contributed by atoms with Gasteiger partial charge in [0.15, 0.2) is 5.82 Å². The van der Waals surface area contributed by atoms with Gasteiger partial charge >= 0.3 is 5.97 Å². The largest absolute Gasteiger partial charge is 0.480 e.